The van der Waals surface area contributed by atoms with E-state index in [0.717, 1.165) is 16.8 Å². The first-order valence-electron chi connectivity index (χ1n) is 9.83. The summed E-state index contributed by atoms with van der Waals surface area (Å²) >= 11 is 7.28. The van der Waals surface area contributed by atoms with Crippen molar-refractivity contribution in [2.24, 2.45) is 0 Å². The Labute approximate surface area is 193 Å². The number of nitrogens with zero attached hydrogens (tertiary/aromatic N) is 3. The zero-order valence-corrected chi connectivity index (χ0v) is 18.7. The molecule has 1 N–H and O–H groups in total. The van der Waals surface area contributed by atoms with Crippen molar-refractivity contribution < 1.29 is 14.3 Å². The van der Waals surface area contributed by atoms with Crippen LogP contribution in [0.3, 0.4) is 0 Å². The van der Waals surface area contributed by atoms with E-state index in [2.05, 4.69) is 15.4 Å². The fourth-order valence-corrected chi connectivity index (χ4v) is 3.94. The minimum Gasteiger partial charge on any atom is -0.462 e. The van der Waals surface area contributed by atoms with Gasteiger partial charge >= 0.3 is 5.97 Å². The Morgan fingerprint density at radius 3 is 2.75 bits per heavy atom. The second-order valence-corrected chi connectivity index (χ2v) is 8.14. The maximum absolute atomic E-state index is 12.5. The van der Waals surface area contributed by atoms with Crippen LogP contribution in [0.1, 0.15) is 17.3 Å². The lowest BCUT2D eigenvalue weighted by Crippen LogP contribution is -2.15. The van der Waals surface area contributed by atoms with Crippen LogP contribution < -0.4 is 5.32 Å². The van der Waals surface area contributed by atoms with E-state index < -0.39 is 5.97 Å². The number of anilines is 1. The molecule has 0 bridgehead atoms. The third kappa shape index (κ3) is 5.09. The number of amides is 1. The number of benzene rings is 2. The van der Waals surface area contributed by atoms with Crippen LogP contribution in [0, 0.1) is 0 Å². The molecule has 4 rings (SSSR count). The number of aromatic nitrogens is 3. The molecular weight excluding hydrogens is 448 g/mol. The predicted octanol–water partition coefficient (Wildman–Crippen LogP) is 4.96. The molecule has 2 aromatic carbocycles. The fourth-order valence-electron chi connectivity index (χ4n) is 3.04. The first-order valence-corrected chi connectivity index (χ1v) is 11.2. The number of hydrogen-bond donors (Lipinski definition) is 1. The Balaban J connectivity index is 1.45. The highest BCUT2D eigenvalue weighted by atomic mass is 35.5. The standard InChI is InChI=1S/C23H19ClN4O3S/c1-2-31-23(30)16-4-3-5-18(12-16)26-21(29)14-32-22-20-13-19(27-28(20)11-10-25-22)15-6-8-17(24)9-7-15/h3-13H,2,14H2,1H3,(H,26,29). The lowest BCUT2D eigenvalue weighted by Gasteiger charge is -2.07. The monoisotopic (exact) mass is 466 g/mol. The first kappa shape index (κ1) is 21.9. The molecule has 2 heterocycles. The third-order valence-corrected chi connectivity index (χ3v) is 5.74. The second kappa shape index (κ2) is 9.84. The summed E-state index contributed by atoms with van der Waals surface area (Å²) in [6.07, 6.45) is 3.41. The molecule has 0 unspecified atom stereocenters. The number of fused-ring (bicyclic) bond motifs is 1. The molecule has 0 spiro atoms. The third-order valence-electron chi connectivity index (χ3n) is 4.49. The average Bonchev–Trinajstić information content (AvgIpc) is 3.23. The Kier molecular flexibility index (Phi) is 6.72. The van der Waals surface area contributed by atoms with E-state index in [1.54, 1.807) is 48.1 Å². The molecule has 0 atom stereocenters. The molecular formula is C23H19ClN4O3S. The van der Waals surface area contributed by atoms with E-state index in [-0.39, 0.29) is 11.7 Å². The molecule has 7 nitrogen and oxygen atoms in total. The van der Waals surface area contributed by atoms with Crippen LogP contribution in [0.5, 0.6) is 0 Å². The highest BCUT2D eigenvalue weighted by molar-refractivity contribution is 8.00. The smallest absolute Gasteiger partial charge is 0.338 e. The Morgan fingerprint density at radius 2 is 1.97 bits per heavy atom. The number of nitrogens with one attached hydrogen (secondary N) is 1. The summed E-state index contributed by atoms with van der Waals surface area (Å²) in [5.74, 6) is -0.485. The van der Waals surface area contributed by atoms with E-state index in [0.29, 0.717) is 27.9 Å². The number of carbonyl (C=O) groups excluding carboxylic acids is 2. The van der Waals surface area contributed by atoms with Crippen LogP contribution >= 0.6 is 23.4 Å². The lowest BCUT2D eigenvalue weighted by atomic mass is 10.1. The van der Waals surface area contributed by atoms with Gasteiger partial charge in [-0.25, -0.2) is 14.3 Å². The van der Waals surface area contributed by atoms with Gasteiger partial charge in [0.05, 0.1) is 29.1 Å². The van der Waals surface area contributed by atoms with Crippen molar-refractivity contribution in [1.82, 2.24) is 14.6 Å². The normalized spacial score (nSPS) is 10.8. The molecule has 0 radical (unpaired) electrons. The molecule has 162 valence electrons. The number of ether oxygens (including phenoxy) is 1. The number of hydrogen-bond acceptors (Lipinski definition) is 6. The van der Waals surface area contributed by atoms with Gasteiger partial charge in [-0.3, -0.25) is 4.79 Å². The van der Waals surface area contributed by atoms with Crippen LogP contribution in [0.4, 0.5) is 5.69 Å². The van der Waals surface area contributed by atoms with Gasteiger partial charge < -0.3 is 10.1 Å². The summed E-state index contributed by atoms with van der Waals surface area (Å²) in [4.78, 5) is 28.8. The Morgan fingerprint density at radius 1 is 1.16 bits per heavy atom. The molecule has 32 heavy (non-hydrogen) atoms. The Hall–Kier alpha value is -3.36. The molecule has 0 aliphatic heterocycles. The van der Waals surface area contributed by atoms with E-state index in [4.69, 9.17) is 16.3 Å². The van der Waals surface area contributed by atoms with Gasteiger partial charge in [0.2, 0.25) is 5.91 Å². The van der Waals surface area contributed by atoms with E-state index in [1.807, 2.05) is 30.3 Å². The van der Waals surface area contributed by atoms with Gasteiger partial charge in [-0.2, -0.15) is 5.10 Å². The number of thioether (sulfide) groups is 1. The lowest BCUT2D eigenvalue weighted by molar-refractivity contribution is -0.113. The molecule has 2 aromatic heterocycles. The molecule has 0 fully saturated rings. The molecule has 4 aromatic rings. The van der Waals surface area contributed by atoms with Gasteiger partial charge in [0.25, 0.3) is 0 Å². The Bertz CT molecular complexity index is 1270. The zero-order chi connectivity index (χ0) is 22.5. The summed E-state index contributed by atoms with van der Waals surface area (Å²) < 4.78 is 6.73. The first-order chi connectivity index (χ1) is 15.5. The largest absolute Gasteiger partial charge is 0.462 e. The van der Waals surface area contributed by atoms with Crippen molar-refractivity contribution in [3.63, 3.8) is 0 Å². The summed E-state index contributed by atoms with van der Waals surface area (Å²) in [7, 11) is 0. The molecule has 0 saturated carbocycles. The van der Waals surface area contributed by atoms with Crippen molar-refractivity contribution in [2.45, 2.75) is 11.9 Å². The van der Waals surface area contributed by atoms with Gasteiger partial charge in [-0.05, 0) is 43.3 Å². The van der Waals surface area contributed by atoms with Crippen molar-refractivity contribution in [3.05, 3.63) is 77.6 Å². The van der Waals surface area contributed by atoms with Gasteiger partial charge in [-0.1, -0.05) is 41.6 Å². The van der Waals surface area contributed by atoms with Crippen LogP contribution in [0.25, 0.3) is 16.8 Å². The highest BCUT2D eigenvalue weighted by Crippen LogP contribution is 2.27. The second-order valence-electron chi connectivity index (χ2n) is 6.74. The van der Waals surface area contributed by atoms with E-state index >= 15 is 0 Å². The van der Waals surface area contributed by atoms with Crippen LogP contribution in [0.15, 0.2) is 72.0 Å². The number of carbonyl (C=O) groups is 2. The molecule has 0 aliphatic rings. The van der Waals surface area contributed by atoms with Crippen LogP contribution in [-0.2, 0) is 9.53 Å². The van der Waals surface area contributed by atoms with E-state index in [9.17, 15) is 9.59 Å². The van der Waals surface area contributed by atoms with Crippen molar-refractivity contribution in [2.75, 3.05) is 17.7 Å². The minimum absolute atomic E-state index is 0.151. The summed E-state index contributed by atoms with van der Waals surface area (Å²) in [5, 5.41) is 8.74. The quantitative estimate of drug-likeness (QED) is 0.306. The fraction of sp³-hybridized carbons (Fsp3) is 0.130. The van der Waals surface area contributed by atoms with Gasteiger partial charge in [0.15, 0.2) is 0 Å². The maximum Gasteiger partial charge on any atom is 0.338 e. The van der Waals surface area contributed by atoms with Crippen molar-refractivity contribution >= 4 is 46.4 Å². The average molecular weight is 467 g/mol. The SMILES string of the molecule is CCOC(=O)c1cccc(NC(=O)CSc2nccn3nc(-c4ccc(Cl)cc4)cc23)c1. The minimum atomic E-state index is -0.425. The number of esters is 1. The highest BCUT2D eigenvalue weighted by Gasteiger charge is 2.13. The van der Waals surface area contributed by atoms with Crippen LogP contribution in [0.2, 0.25) is 5.02 Å². The van der Waals surface area contributed by atoms with Crippen molar-refractivity contribution in [1.29, 1.82) is 0 Å². The van der Waals surface area contributed by atoms with Gasteiger partial charge in [0, 0.05) is 28.7 Å². The maximum atomic E-state index is 12.5. The van der Waals surface area contributed by atoms with Gasteiger partial charge in [0.1, 0.15) is 5.03 Å². The molecule has 1 amide bonds. The van der Waals surface area contributed by atoms with Crippen LogP contribution in [-0.4, -0.2) is 38.8 Å². The predicted molar refractivity (Wildman–Crippen MR) is 125 cm³/mol. The topological polar surface area (TPSA) is 85.6 Å². The van der Waals surface area contributed by atoms with E-state index in [1.165, 1.54) is 11.8 Å². The summed E-state index contributed by atoms with van der Waals surface area (Å²) in [6.45, 7) is 2.03. The van der Waals surface area contributed by atoms with Gasteiger partial charge in [-0.15, -0.1) is 0 Å². The summed E-state index contributed by atoms with van der Waals surface area (Å²) in [5.41, 5.74) is 3.45. The summed E-state index contributed by atoms with van der Waals surface area (Å²) in [6, 6.07) is 16.0. The number of rotatable bonds is 7. The molecule has 0 saturated heterocycles. The zero-order valence-electron chi connectivity index (χ0n) is 17.1. The number of halogens is 1. The van der Waals surface area contributed by atoms with Crippen molar-refractivity contribution in [3.8, 4) is 11.3 Å². The molecule has 0 aliphatic carbocycles. The molecule has 9 heteroatoms.